The summed E-state index contributed by atoms with van der Waals surface area (Å²) in [6.45, 7) is 10.6. The van der Waals surface area contributed by atoms with Crippen molar-refractivity contribution >= 4 is 0 Å². The smallest absolute Gasteiger partial charge is 0.106 e. The molecule has 0 amide bonds. The lowest BCUT2D eigenvalue weighted by Gasteiger charge is -2.21. The predicted molar refractivity (Wildman–Crippen MR) is 71.7 cm³/mol. The highest BCUT2D eigenvalue weighted by molar-refractivity contribution is 5.34. The molecule has 1 aromatic rings. The zero-order chi connectivity index (χ0) is 13.0. The van der Waals surface area contributed by atoms with Gasteiger partial charge >= 0.3 is 0 Å². The van der Waals surface area contributed by atoms with Gasteiger partial charge in [-0.1, -0.05) is 26.7 Å². The van der Waals surface area contributed by atoms with E-state index in [1.807, 2.05) is 13.8 Å². The molecule has 0 fully saturated rings. The highest BCUT2D eigenvalue weighted by Gasteiger charge is 2.22. The molecule has 17 heavy (non-hydrogen) atoms. The maximum Gasteiger partial charge on any atom is 0.106 e. The minimum absolute atomic E-state index is 0.206. The van der Waals surface area contributed by atoms with Crippen LogP contribution in [-0.2, 0) is 0 Å². The zero-order valence-electron chi connectivity index (χ0n) is 11.8. The van der Waals surface area contributed by atoms with E-state index in [4.69, 9.17) is 10.3 Å². The summed E-state index contributed by atoms with van der Waals surface area (Å²) in [5.41, 5.74) is 5.43. The second-order valence-corrected chi connectivity index (χ2v) is 4.89. The number of hydrogen-bond acceptors (Lipinski definition) is 3. The van der Waals surface area contributed by atoms with Gasteiger partial charge in [0.25, 0.3) is 0 Å². The number of nitrogens with one attached hydrogen (secondary N) is 1. The molecular formula is C14H26N2O. The lowest BCUT2D eigenvalue weighted by atomic mass is 9.90. The maximum atomic E-state index is 5.72. The van der Waals surface area contributed by atoms with Crippen molar-refractivity contribution in [2.24, 2.45) is 11.8 Å². The Morgan fingerprint density at radius 1 is 1.12 bits per heavy atom. The lowest BCUT2D eigenvalue weighted by Crippen LogP contribution is -2.30. The number of rotatable bonds is 6. The van der Waals surface area contributed by atoms with E-state index in [2.05, 4.69) is 26.2 Å². The minimum Gasteiger partial charge on any atom is -0.466 e. The molecule has 0 saturated heterocycles. The van der Waals surface area contributed by atoms with Crippen LogP contribution in [0.5, 0.6) is 0 Å². The average molecular weight is 238 g/mol. The van der Waals surface area contributed by atoms with Crippen LogP contribution in [-0.4, -0.2) is 0 Å². The van der Waals surface area contributed by atoms with Gasteiger partial charge in [0, 0.05) is 11.6 Å². The first kappa shape index (κ1) is 14.3. The van der Waals surface area contributed by atoms with Crippen molar-refractivity contribution in [3.63, 3.8) is 0 Å². The summed E-state index contributed by atoms with van der Waals surface area (Å²) in [4.78, 5) is 0. The minimum atomic E-state index is 0.206. The molecule has 0 aliphatic carbocycles. The fraction of sp³-hybridized carbons (Fsp3) is 0.714. The summed E-state index contributed by atoms with van der Waals surface area (Å²) in [5.74, 6) is 8.43. The molecule has 1 aromatic heterocycles. The summed E-state index contributed by atoms with van der Waals surface area (Å²) in [5, 5.41) is 0. The first-order chi connectivity index (χ1) is 8.04. The van der Waals surface area contributed by atoms with E-state index in [0.29, 0.717) is 5.92 Å². The van der Waals surface area contributed by atoms with E-state index in [1.165, 1.54) is 24.0 Å². The standard InChI is InChI=1S/C14H26N2O/c1-6-12(7-2)8-13(16-15)14-9(3)10(4)17-11(14)5/h12-13,16H,6-8,15H2,1-5H3. The Bertz CT molecular complexity index is 353. The van der Waals surface area contributed by atoms with Crippen LogP contribution in [0.2, 0.25) is 0 Å². The average Bonchev–Trinajstić information content (AvgIpc) is 2.56. The summed E-state index contributed by atoms with van der Waals surface area (Å²) >= 11 is 0. The van der Waals surface area contributed by atoms with Crippen LogP contribution in [0, 0.1) is 26.7 Å². The zero-order valence-corrected chi connectivity index (χ0v) is 11.8. The van der Waals surface area contributed by atoms with Crippen LogP contribution < -0.4 is 11.3 Å². The first-order valence-electron chi connectivity index (χ1n) is 6.57. The molecule has 1 atom stereocenters. The van der Waals surface area contributed by atoms with Crippen LogP contribution in [0.3, 0.4) is 0 Å². The third-order valence-corrected chi connectivity index (χ3v) is 3.89. The van der Waals surface area contributed by atoms with E-state index in [9.17, 15) is 0 Å². The van der Waals surface area contributed by atoms with Gasteiger partial charge in [-0.05, 0) is 38.7 Å². The lowest BCUT2D eigenvalue weighted by molar-refractivity contribution is 0.370. The van der Waals surface area contributed by atoms with Crippen LogP contribution >= 0.6 is 0 Å². The van der Waals surface area contributed by atoms with Gasteiger partial charge in [0.15, 0.2) is 0 Å². The van der Waals surface area contributed by atoms with Crippen LogP contribution in [0.15, 0.2) is 4.42 Å². The SMILES string of the molecule is CCC(CC)CC(NN)c1c(C)oc(C)c1C. The van der Waals surface area contributed by atoms with Crippen molar-refractivity contribution in [3.05, 3.63) is 22.6 Å². The monoisotopic (exact) mass is 238 g/mol. The van der Waals surface area contributed by atoms with E-state index in [-0.39, 0.29) is 6.04 Å². The number of hydrogen-bond donors (Lipinski definition) is 2. The fourth-order valence-electron chi connectivity index (χ4n) is 2.55. The van der Waals surface area contributed by atoms with Crippen molar-refractivity contribution in [1.29, 1.82) is 0 Å². The fourth-order valence-corrected chi connectivity index (χ4v) is 2.55. The molecule has 1 unspecified atom stereocenters. The van der Waals surface area contributed by atoms with Gasteiger partial charge in [-0.15, -0.1) is 0 Å². The summed E-state index contributed by atoms with van der Waals surface area (Å²) in [7, 11) is 0. The van der Waals surface area contributed by atoms with E-state index in [1.54, 1.807) is 0 Å². The van der Waals surface area contributed by atoms with Gasteiger partial charge < -0.3 is 4.42 Å². The van der Waals surface area contributed by atoms with Gasteiger partial charge in [0.1, 0.15) is 11.5 Å². The largest absolute Gasteiger partial charge is 0.466 e. The third kappa shape index (κ3) is 3.11. The van der Waals surface area contributed by atoms with Crippen molar-refractivity contribution in [2.45, 2.75) is 59.9 Å². The molecule has 1 heterocycles. The molecular weight excluding hydrogens is 212 g/mol. The van der Waals surface area contributed by atoms with E-state index in [0.717, 1.165) is 17.9 Å². The molecule has 0 aromatic carbocycles. The maximum absolute atomic E-state index is 5.72. The Labute approximate surface area is 105 Å². The molecule has 0 spiro atoms. The Morgan fingerprint density at radius 3 is 2.06 bits per heavy atom. The second-order valence-electron chi connectivity index (χ2n) is 4.89. The van der Waals surface area contributed by atoms with E-state index >= 15 is 0 Å². The predicted octanol–water partition coefficient (Wildman–Crippen LogP) is 3.54. The number of hydrazine groups is 1. The highest BCUT2D eigenvalue weighted by atomic mass is 16.3. The molecule has 98 valence electrons. The molecule has 0 saturated carbocycles. The molecule has 3 N–H and O–H groups in total. The number of furan rings is 1. The van der Waals surface area contributed by atoms with Gasteiger partial charge in [0.2, 0.25) is 0 Å². The molecule has 3 heteroatoms. The van der Waals surface area contributed by atoms with Crippen molar-refractivity contribution in [2.75, 3.05) is 0 Å². The van der Waals surface area contributed by atoms with Gasteiger partial charge in [-0.2, -0.15) is 0 Å². The first-order valence-corrected chi connectivity index (χ1v) is 6.57. The Balaban J connectivity index is 2.93. The summed E-state index contributed by atoms with van der Waals surface area (Å²) < 4.78 is 5.68. The van der Waals surface area contributed by atoms with Gasteiger partial charge in [-0.3, -0.25) is 11.3 Å². The molecule has 3 nitrogen and oxygen atoms in total. The van der Waals surface area contributed by atoms with Crippen LogP contribution in [0.4, 0.5) is 0 Å². The number of aryl methyl sites for hydroxylation is 2. The Hall–Kier alpha value is -0.800. The van der Waals surface area contributed by atoms with Crippen LogP contribution in [0.25, 0.3) is 0 Å². The second kappa shape index (κ2) is 6.22. The molecule has 0 aliphatic rings. The third-order valence-electron chi connectivity index (χ3n) is 3.89. The highest BCUT2D eigenvalue weighted by Crippen LogP contribution is 2.31. The topological polar surface area (TPSA) is 51.2 Å². The molecule has 0 aliphatic heterocycles. The Kier molecular flexibility index (Phi) is 5.22. The number of nitrogens with two attached hydrogens (primary N) is 1. The summed E-state index contributed by atoms with van der Waals surface area (Å²) in [6, 6.07) is 0.206. The summed E-state index contributed by atoms with van der Waals surface area (Å²) in [6.07, 6.45) is 3.47. The van der Waals surface area contributed by atoms with Crippen molar-refractivity contribution in [1.82, 2.24) is 5.43 Å². The molecule has 1 rings (SSSR count). The Morgan fingerprint density at radius 2 is 1.71 bits per heavy atom. The quantitative estimate of drug-likeness (QED) is 0.589. The van der Waals surface area contributed by atoms with Crippen molar-refractivity contribution in [3.8, 4) is 0 Å². The molecule has 0 bridgehead atoms. The van der Waals surface area contributed by atoms with Gasteiger partial charge in [-0.25, -0.2) is 0 Å². The van der Waals surface area contributed by atoms with Crippen LogP contribution in [0.1, 0.15) is 61.8 Å². The normalized spacial score (nSPS) is 13.4. The van der Waals surface area contributed by atoms with Gasteiger partial charge in [0.05, 0.1) is 0 Å². The van der Waals surface area contributed by atoms with E-state index < -0.39 is 0 Å². The van der Waals surface area contributed by atoms with Crippen molar-refractivity contribution < 1.29 is 4.42 Å². The molecule has 0 radical (unpaired) electrons.